The lowest BCUT2D eigenvalue weighted by Crippen LogP contribution is -2.07. The van der Waals surface area contributed by atoms with Crippen LogP contribution in [0.25, 0.3) is 0 Å². The molecule has 0 aromatic rings. The van der Waals surface area contributed by atoms with E-state index in [0.717, 1.165) is 12.2 Å². The van der Waals surface area contributed by atoms with Gasteiger partial charge in [-0.3, -0.25) is 0 Å². The van der Waals surface area contributed by atoms with E-state index in [0.29, 0.717) is 6.42 Å². The Morgan fingerprint density at radius 3 is 2.20 bits per heavy atom. The molecule has 5 nitrogen and oxygen atoms in total. The number of hydrogen-bond donors (Lipinski definition) is 1. The van der Waals surface area contributed by atoms with Gasteiger partial charge in [-0.05, 0) is 0 Å². The zero-order chi connectivity index (χ0) is 11.5. The summed E-state index contributed by atoms with van der Waals surface area (Å²) >= 11 is 0. The molecule has 0 aromatic heterocycles. The summed E-state index contributed by atoms with van der Waals surface area (Å²) in [6.07, 6.45) is 7.13. The Balaban J connectivity index is 3.70. The SMILES string of the molecule is C#CCCOC(=O)/C=C/C(=O)OCCO. The van der Waals surface area contributed by atoms with Crippen LogP contribution in [0, 0.1) is 12.3 Å². The second-order valence-corrected chi connectivity index (χ2v) is 2.35. The molecule has 0 amide bonds. The molecule has 0 spiro atoms. The molecule has 0 saturated carbocycles. The molecule has 15 heavy (non-hydrogen) atoms. The fourth-order valence-electron chi connectivity index (χ4n) is 0.589. The van der Waals surface area contributed by atoms with Crippen LogP contribution >= 0.6 is 0 Å². The summed E-state index contributed by atoms with van der Waals surface area (Å²) in [6.45, 7) is -0.243. The summed E-state index contributed by atoms with van der Waals surface area (Å²) < 4.78 is 9.06. The number of carbonyl (C=O) groups excluding carboxylic acids is 2. The number of aliphatic hydroxyl groups is 1. The first kappa shape index (κ1) is 13.2. The monoisotopic (exact) mass is 212 g/mol. The van der Waals surface area contributed by atoms with Gasteiger partial charge in [-0.25, -0.2) is 9.59 Å². The van der Waals surface area contributed by atoms with Crippen LogP contribution in [0.5, 0.6) is 0 Å². The highest BCUT2D eigenvalue weighted by Gasteiger charge is 1.99. The lowest BCUT2D eigenvalue weighted by molar-refractivity contribution is -0.140. The zero-order valence-corrected chi connectivity index (χ0v) is 8.14. The van der Waals surface area contributed by atoms with Gasteiger partial charge in [0.25, 0.3) is 0 Å². The van der Waals surface area contributed by atoms with E-state index in [9.17, 15) is 9.59 Å². The topological polar surface area (TPSA) is 72.8 Å². The Kier molecular flexibility index (Phi) is 7.73. The fraction of sp³-hybridized carbons (Fsp3) is 0.400. The average Bonchev–Trinajstić information content (AvgIpc) is 2.24. The first-order valence-electron chi connectivity index (χ1n) is 4.26. The van der Waals surface area contributed by atoms with Gasteiger partial charge in [-0.1, -0.05) is 0 Å². The summed E-state index contributed by atoms with van der Waals surface area (Å²) in [7, 11) is 0. The number of esters is 2. The molecule has 1 N–H and O–H groups in total. The molecule has 0 aromatic carbocycles. The molecule has 0 aliphatic carbocycles. The number of hydrogen-bond acceptors (Lipinski definition) is 5. The highest BCUT2D eigenvalue weighted by molar-refractivity contribution is 5.91. The maximum atomic E-state index is 10.9. The van der Waals surface area contributed by atoms with Gasteiger partial charge in [-0.2, -0.15) is 0 Å². The van der Waals surface area contributed by atoms with Gasteiger partial charge >= 0.3 is 11.9 Å². The molecule has 0 heterocycles. The van der Waals surface area contributed by atoms with E-state index >= 15 is 0 Å². The quantitative estimate of drug-likeness (QED) is 0.282. The van der Waals surface area contributed by atoms with Crippen LogP contribution in [0.2, 0.25) is 0 Å². The largest absolute Gasteiger partial charge is 0.462 e. The molecule has 0 radical (unpaired) electrons. The number of terminal acetylenes is 1. The Morgan fingerprint density at radius 2 is 1.73 bits per heavy atom. The lowest BCUT2D eigenvalue weighted by Gasteiger charge is -1.98. The molecule has 0 fully saturated rings. The van der Waals surface area contributed by atoms with Crippen molar-refractivity contribution < 1.29 is 24.2 Å². The maximum absolute atomic E-state index is 10.9. The molecule has 0 aliphatic rings. The first-order chi connectivity index (χ1) is 7.20. The second-order valence-electron chi connectivity index (χ2n) is 2.35. The molecule has 82 valence electrons. The van der Waals surface area contributed by atoms with Crippen molar-refractivity contribution in [2.75, 3.05) is 19.8 Å². The average molecular weight is 212 g/mol. The molecular formula is C10H12O5. The molecule has 0 unspecified atom stereocenters. The number of rotatable bonds is 6. The van der Waals surface area contributed by atoms with Crippen molar-refractivity contribution in [3.63, 3.8) is 0 Å². The van der Waals surface area contributed by atoms with Crippen LogP contribution in [0.1, 0.15) is 6.42 Å². The third-order valence-electron chi connectivity index (χ3n) is 1.18. The summed E-state index contributed by atoms with van der Waals surface area (Å²) in [6, 6.07) is 0. The van der Waals surface area contributed by atoms with E-state index in [1.165, 1.54) is 0 Å². The summed E-state index contributed by atoms with van der Waals surface area (Å²) in [5.41, 5.74) is 0. The fourth-order valence-corrected chi connectivity index (χ4v) is 0.589. The van der Waals surface area contributed by atoms with Crippen molar-refractivity contribution in [1.29, 1.82) is 0 Å². The molecule has 0 bridgehead atoms. The normalized spacial score (nSPS) is 9.60. The van der Waals surface area contributed by atoms with Crippen LogP contribution < -0.4 is 0 Å². The van der Waals surface area contributed by atoms with Gasteiger partial charge < -0.3 is 14.6 Å². The predicted molar refractivity (Wildman–Crippen MR) is 51.6 cm³/mol. The van der Waals surface area contributed by atoms with Crippen molar-refractivity contribution in [2.24, 2.45) is 0 Å². The second kappa shape index (κ2) is 8.78. The van der Waals surface area contributed by atoms with Gasteiger partial charge in [0.1, 0.15) is 13.2 Å². The summed E-state index contributed by atoms with van der Waals surface area (Å²) in [5.74, 6) is 0.924. The maximum Gasteiger partial charge on any atom is 0.331 e. The van der Waals surface area contributed by atoms with E-state index < -0.39 is 11.9 Å². The number of carbonyl (C=O) groups is 2. The molecule has 0 saturated heterocycles. The molecule has 0 rings (SSSR count). The third kappa shape index (κ3) is 8.53. The van der Waals surface area contributed by atoms with Gasteiger partial charge in [0.15, 0.2) is 0 Å². The van der Waals surface area contributed by atoms with Gasteiger partial charge in [-0.15, -0.1) is 12.3 Å². The predicted octanol–water partition coefficient (Wildman–Crippen LogP) is -0.355. The van der Waals surface area contributed by atoms with E-state index in [2.05, 4.69) is 15.4 Å². The lowest BCUT2D eigenvalue weighted by atomic mass is 10.4. The highest BCUT2D eigenvalue weighted by Crippen LogP contribution is 1.87. The zero-order valence-electron chi connectivity index (χ0n) is 8.14. The van der Waals surface area contributed by atoms with Gasteiger partial charge in [0, 0.05) is 18.6 Å². The van der Waals surface area contributed by atoms with Crippen molar-refractivity contribution in [3.8, 4) is 12.3 Å². The minimum Gasteiger partial charge on any atom is -0.462 e. The molecule has 5 heteroatoms. The van der Waals surface area contributed by atoms with Crippen LogP contribution in [0.15, 0.2) is 12.2 Å². The number of aliphatic hydroxyl groups excluding tert-OH is 1. The standard InChI is InChI=1S/C10H12O5/c1-2-3-7-14-9(12)4-5-10(13)15-8-6-11/h1,4-5,11H,3,6-8H2/b5-4+. The van der Waals surface area contributed by atoms with Crippen molar-refractivity contribution in [1.82, 2.24) is 0 Å². The van der Waals surface area contributed by atoms with Crippen LogP contribution in [-0.4, -0.2) is 36.9 Å². The Morgan fingerprint density at radius 1 is 1.20 bits per heavy atom. The van der Waals surface area contributed by atoms with E-state index in [-0.39, 0.29) is 19.8 Å². The minimum atomic E-state index is -0.710. The van der Waals surface area contributed by atoms with Crippen LogP contribution in [0.4, 0.5) is 0 Å². The number of ether oxygens (including phenoxy) is 2. The molecular weight excluding hydrogens is 200 g/mol. The van der Waals surface area contributed by atoms with Crippen LogP contribution in [0.3, 0.4) is 0 Å². The molecule has 0 atom stereocenters. The van der Waals surface area contributed by atoms with Gasteiger partial charge in [0.05, 0.1) is 6.61 Å². The van der Waals surface area contributed by atoms with E-state index in [1.54, 1.807) is 0 Å². The minimum absolute atomic E-state index is 0.102. The van der Waals surface area contributed by atoms with Crippen molar-refractivity contribution in [3.05, 3.63) is 12.2 Å². The molecule has 0 aliphatic heterocycles. The highest BCUT2D eigenvalue weighted by atomic mass is 16.5. The smallest absolute Gasteiger partial charge is 0.331 e. The van der Waals surface area contributed by atoms with Gasteiger partial charge in [0.2, 0.25) is 0 Å². The summed E-state index contributed by atoms with van der Waals surface area (Å²) in [4.78, 5) is 21.6. The Hall–Kier alpha value is -1.80. The first-order valence-corrected chi connectivity index (χ1v) is 4.26. The van der Waals surface area contributed by atoms with Crippen molar-refractivity contribution in [2.45, 2.75) is 6.42 Å². The van der Waals surface area contributed by atoms with Crippen LogP contribution in [-0.2, 0) is 19.1 Å². The Bertz CT molecular complexity index is 274. The van der Waals surface area contributed by atoms with E-state index in [1.807, 2.05) is 0 Å². The summed E-state index contributed by atoms with van der Waals surface area (Å²) in [5, 5.41) is 8.32. The Labute approximate surface area is 87.7 Å². The third-order valence-corrected chi connectivity index (χ3v) is 1.18. The van der Waals surface area contributed by atoms with Crippen molar-refractivity contribution >= 4 is 11.9 Å². The van der Waals surface area contributed by atoms with E-state index in [4.69, 9.17) is 11.5 Å².